The molecule has 16 heavy (non-hydrogen) atoms. The van der Waals surface area contributed by atoms with Crippen LogP contribution >= 0.6 is 0 Å². The molecule has 2 aliphatic rings. The maximum atomic E-state index is 6.11. The van der Waals surface area contributed by atoms with Crippen LogP contribution in [0.4, 0.5) is 0 Å². The second kappa shape index (κ2) is 4.21. The summed E-state index contributed by atoms with van der Waals surface area (Å²) in [6.07, 6.45) is 7.75. The van der Waals surface area contributed by atoms with Crippen molar-refractivity contribution in [1.29, 1.82) is 0 Å². The minimum Gasteiger partial charge on any atom is -0.362 e. The molecule has 1 fully saturated rings. The van der Waals surface area contributed by atoms with Crippen molar-refractivity contribution < 1.29 is 4.74 Å². The summed E-state index contributed by atoms with van der Waals surface area (Å²) in [5.41, 5.74) is 4.07. The van der Waals surface area contributed by atoms with Crippen molar-refractivity contribution in [1.82, 2.24) is 0 Å². The molecule has 0 bridgehead atoms. The molecular formula is C15H22O. The zero-order valence-electron chi connectivity index (χ0n) is 10.7. The first-order valence-corrected chi connectivity index (χ1v) is 6.24. The molecule has 0 aromatic carbocycles. The van der Waals surface area contributed by atoms with Gasteiger partial charge in [0.05, 0.1) is 6.61 Å². The molecule has 88 valence electrons. The quantitative estimate of drug-likeness (QED) is 0.604. The van der Waals surface area contributed by atoms with E-state index in [0.717, 1.165) is 18.9 Å². The van der Waals surface area contributed by atoms with E-state index in [0.29, 0.717) is 0 Å². The molecule has 2 rings (SSSR count). The van der Waals surface area contributed by atoms with Crippen molar-refractivity contribution in [2.75, 3.05) is 6.61 Å². The highest BCUT2D eigenvalue weighted by Crippen LogP contribution is 2.47. The van der Waals surface area contributed by atoms with Gasteiger partial charge in [0, 0.05) is 0 Å². The monoisotopic (exact) mass is 218 g/mol. The molecule has 2 atom stereocenters. The van der Waals surface area contributed by atoms with E-state index in [1.807, 2.05) is 6.08 Å². The standard InChI is InChI=1S/C15H22O/c1-5-13-8-9-16-15(13)10-12(4)6-7-14(15)11(2)3/h5,8,12H,1,6-7,9-10H2,2-4H3/t12-,15?/m1/s1. The molecule has 1 heteroatoms. The molecule has 1 aliphatic carbocycles. The third-order valence-electron chi connectivity index (χ3n) is 3.93. The summed E-state index contributed by atoms with van der Waals surface area (Å²) in [6, 6.07) is 0. The van der Waals surface area contributed by atoms with Gasteiger partial charge in [0.25, 0.3) is 0 Å². The van der Waals surface area contributed by atoms with Gasteiger partial charge in [-0.25, -0.2) is 0 Å². The summed E-state index contributed by atoms with van der Waals surface area (Å²) >= 11 is 0. The zero-order chi connectivity index (χ0) is 11.8. The Hall–Kier alpha value is -0.820. The number of hydrogen-bond acceptors (Lipinski definition) is 1. The molecule has 1 spiro atoms. The average molecular weight is 218 g/mol. The molecule has 1 heterocycles. The minimum atomic E-state index is -0.127. The number of allylic oxidation sites excluding steroid dienone is 1. The summed E-state index contributed by atoms with van der Waals surface area (Å²) < 4.78 is 6.11. The summed E-state index contributed by atoms with van der Waals surface area (Å²) in [5.74, 6) is 0.740. The van der Waals surface area contributed by atoms with E-state index >= 15 is 0 Å². The fourth-order valence-corrected chi connectivity index (χ4v) is 3.17. The summed E-state index contributed by atoms with van der Waals surface area (Å²) in [5, 5.41) is 0. The van der Waals surface area contributed by atoms with Crippen LogP contribution < -0.4 is 0 Å². The highest BCUT2D eigenvalue weighted by atomic mass is 16.5. The van der Waals surface area contributed by atoms with Crippen molar-refractivity contribution in [3.63, 3.8) is 0 Å². The fraction of sp³-hybridized carbons (Fsp3) is 0.600. The number of ether oxygens (including phenoxy) is 1. The maximum Gasteiger partial charge on any atom is 0.115 e. The van der Waals surface area contributed by atoms with Gasteiger partial charge in [-0.2, -0.15) is 0 Å². The van der Waals surface area contributed by atoms with Crippen LogP contribution in [0.15, 0.2) is 35.5 Å². The van der Waals surface area contributed by atoms with Crippen LogP contribution in [-0.4, -0.2) is 12.2 Å². The highest BCUT2D eigenvalue weighted by Gasteiger charge is 2.44. The van der Waals surface area contributed by atoms with Crippen molar-refractivity contribution in [3.8, 4) is 0 Å². The SMILES string of the molecule is C=CC1=CCOC12C[C@H](C)CCC2=C(C)C. The lowest BCUT2D eigenvalue weighted by atomic mass is 9.70. The van der Waals surface area contributed by atoms with Gasteiger partial charge in [0.15, 0.2) is 0 Å². The van der Waals surface area contributed by atoms with Crippen LogP contribution in [0.25, 0.3) is 0 Å². The van der Waals surface area contributed by atoms with Crippen molar-refractivity contribution in [2.24, 2.45) is 5.92 Å². The normalized spacial score (nSPS) is 34.1. The Labute approximate surface area is 98.9 Å². The Morgan fingerprint density at radius 1 is 1.56 bits per heavy atom. The molecule has 0 radical (unpaired) electrons. The lowest BCUT2D eigenvalue weighted by Gasteiger charge is -2.41. The van der Waals surface area contributed by atoms with E-state index in [2.05, 4.69) is 33.4 Å². The molecule has 0 aromatic heterocycles. The summed E-state index contributed by atoms with van der Waals surface area (Å²) in [4.78, 5) is 0. The number of rotatable bonds is 1. The lowest BCUT2D eigenvalue weighted by molar-refractivity contribution is 0.0164. The van der Waals surface area contributed by atoms with Gasteiger partial charge in [-0.15, -0.1) is 0 Å². The molecule has 0 aromatic rings. The third kappa shape index (κ3) is 1.67. The van der Waals surface area contributed by atoms with Gasteiger partial charge >= 0.3 is 0 Å². The largest absolute Gasteiger partial charge is 0.362 e. The van der Waals surface area contributed by atoms with Gasteiger partial charge in [0.2, 0.25) is 0 Å². The summed E-state index contributed by atoms with van der Waals surface area (Å²) in [7, 11) is 0. The van der Waals surface area contributed by atoms with Gasteiger partial charge in [-0.05, 0) is 50.2 Å². The van der Waals surface area contributed by atoms with E-state index in [-0.39, 0.29) is 5.60 Å². The average Bonchev–Trinajstić information content (AvgIpc) is 2.60. The van der Waals surface area contributed by atoms with Crippen LogP contribution in [0, 0.1) is 5.92 Å². The molecule has 1 saturated carbocycles. The van der Waals surface area contributed by atoms with E-state index in [9.17, 15) is 0 Å². The highest BCUT2D eigenvalue weighted by molar-refractivity contribution is 5.44. The van der Waals surface area contributed by atoms with Crippen LogP contribution in [0.5, 0.6) is 0 Å². The first kappa shape index (κ1) is 11.7. The van der Waals surface area contributed by atoms with Gasteiger partial charge in [-0.3, -0.25) is 0 Å². The van der Waals surface area contributed by atoms with Crippen LogP contribution in [0.2, 0.25) is 0 Å². The van der Waals surface area contributed by atoms with E-state index in [1.54, 1.807) is 0 Å². The predicted octanol–water partition coefficient (Wildman–Crippen LogP) is 4.02. The van der Waals surface area contributed by atoms with Gasteiger partial charge in [-0.1, -0.05) is 31.2 Å². The number of hydrogen-bond donors (Lipinski definition) is 0. The first-order chi connectivity index (χ1) is 7.60. The topological polar surface area (TPSA) is 9.23 Å². The maximum absolute atomic E-state index is 6.11. The Morgan fingerprint density at radius 2 is 2.31 bits per heavy atom. The van der Waals surface area contributed by atoms with Crippen LogP contribution in [0.1, 0.15) is 40.0 Å². The van der Waals surface area contributed by atoms with Gasteiger partial charge in [0.1, 0.15) is 5.60 Å². The molecule has 0 amide bonds. The van der Waals surface area contributed by atoms with Crippen molar-refractivity contribution >= 4 is 0 Å². The van der Waals surface area contributed by atoms with Gasteiger partial charge < -0.3 is 4.74 Å². The molecular weight excluding hydrogens is 196 g/mol. The molecule has 1 nitrogen and oxygen atoms in total. The second-order valence-corrected chi connectivity index (χ2v) is 5.33. The minimum absolute atomic E-state index is 0.127. The first-order valence-electron chi connectivity index (χ1n) is 6.24. The zero-order valence-corrected chi connectivity index (χ0v) is 10.7. The van der Waals surface area contributed by atoms with Crippen molar-refractivity contribution in [3.05, 3.63) is 35.5 Å². The van der Waals surface area contributed by atoms with E-state index in [4.69, 9.17) is 4.74 Å². The summed E-state index contributed by atoms with van der Waals surface area (Å²) in [6.45, 7) is 11.4. The molecule has 1 unspecified atom stereocenters. The molecule has 0 N–H and O–H groups in total. The van der Waals surface area contributed by atoms with Crippen LogP contribution in [0.3, 0.4) is 0 Å². The second-order valence-electron chi connectivity index (χ2n) is 5.33. The molecule has 0 saturated heterocycles. The Balaban J connectivity index is 2.45. The molecule has 1 aliphatic heterocycles. The van der Waals surface area contributed by atoms with E-state index < -0.39 is 0 Å². The predicted molar refractivity (Wildman–Crippen MR) is 68.4 cm³/mol. The Morgan fingerprint density at radius 3 is 2.94 bits per heavy atom. The Kier molecular flexibility index (Phi) is 3.07. The Bertz CT molecular complexity index is 358. The fourth-order valence-electron chi connectivity index (χ4n) is 3.17. The lowest BCUT2D eigenvalue weighted by Crippen LogP contribution is -2.39. The van der Waals surface area contributed by atoms with Crippen LogP contribution in [-0.2, 0) is 4.74 Å². The van der Waals surface area contributed by atoms with Crippen molar-refractivity contribution in [2.45, 2.75) is 45.6 Å². The van der Waals surface area contributed by atoms with E-state index in [1.165, 1.54) is 29.6 Å². The smallest absolute Gasteiger partial charge is 0.115 e. The third-order valence-corrected chi connectivity index (χ3v) is 3.93.